The monoisotopic (exact) mass is 425 g/mol. The van der Waals surface area contributed by atoms with Gasteiger partial charge in [-0.25, -0.2) is 4.79 Å². The quantitative estimate of drug-likeness (QED) is 0.453. The van der Waals surface area contributed by atoms with E-state index >= 15 is 0 Å². The highest BCUT2D eigenvalue weighted by atomic mass is 16.6. The van der Waals surface area contributed by atoms with Crippen LogP contribution in [0.2, 0.25) is 0 Å². The van der Waals surface area contributed by atoms with Crippen molar-refractivity contribution >= 4 is 11.9 Å². The molecule has 0 saturated carbocycles. The SMILES string of the molecule is C=CCCCC[C@@H]1NC(C2(c3ccccc3)CCN(C(=O)OCC)CC2)=NCCC1C. The second kappa shape index (κ2) is 11.4. The molecule has 5 nitrogen and oxygen atoms in total. The molecule has 0 aromatic heterocycles. The van der Waals surface area contributed by atoms with Gasteiger partial charge in [-0.15, -0.1) is 6.58 Å². The van der Waals surface area contributed by atoms with Crippen molar-refractivity contribution in [2.45, 2.75) is 70.3 Å². The number of likely N-dealkylation sites (tertiary alicyclic amines) is 1. The first kappa shape index (κ1) is 23.4. The van der Waals surface area contributed by atoms with Crippen LogP contribution in [0, 0.1) is 5.92 Å². The maximum atomic E-state index is 12.3. The molecule has 31 heavy (non-hydrogen) atoms. The van der Waals surface area contributed by atoms with Crippen LogP contribution in [0.1, 0.15) is 64.4 Å². The van der Waals surface area contributed by atoms with Gasteiger partial charge >= 0.3 is 6.09 Å². The van der Waals surface area contributed by atoms with E-state index in [0.29, 0.717) is 31.7 Å². The highest BCUT2D eigenvalue weighted by Gasteiger charge is 2.43. The van der Waals surface area contributed by atoms with Crippen molar-refractivity contribution in [1.29, 1.82) is 0 Å². The summed E-state index contributed by atoms with van der Waals surface area (Å²) in [5.41, 5.74) is 1.12. The number of nitrogens with one attached hydrogen (secondary N) is 1. The summed E-state index contributed by atoms with van der Waals surface area (Å²) in [4.78, 5) is 19.2. The fourth-order valence-electron chi connectivity index (χ4n) is 4.95. The molecule has 1 aromatic rings. The number of ether oxygens (including phenoxy) is 1. The van der Waals surface area contributed by atoms with Crippen LogP contribution in [0.15, 0.2) is 48.0 Å². The van der Waals surface area contributed by atoms with E-state index in [1.807, 2.05) is 17.9 Å². The van der Waals surface area contributed by atoms with E-state index in [2.05, 4.69) is 49.2 Å². The molecule has 1 unspecified atom stereocenters. The molecule has 2 aliphatic rings. The summed E-state index contributed by atoms with van der Waals surface area (Å²) in [5.74, 6) is 1.72. The Hall–Kier alpha value is -2.30. The third-order valence-electron chi connectivity index (χ3n) is 6.96. The number of hydrogen-bond acceptors (Lipinski definition) is 4. The van der Waals surface area contributed by atoms with Gasteiger partial charge in [-0.2, -0.15) is 0 Å². The van der Waals surface area contributed by atoms with Crippen molar-refractivity contribution in [3.8, 4) is 0 Å². The van der Waals surface area contributed by atoms with E-state index in [0.717, 1.165) is 44.5 Å². The minimum Gasteiger partial charge on any atom is -0.450 e. The van der Waals surface area contributed by atoms with E-state index in [1.165, 1.54) is 18.4 Å². The zero-order chi connectivity index (χ0) is 22.1. The van der Waals surface area contributed by atoms with E-state index in [-0.39, 0.29) is 11.5 Å². The van der Waals surface area contributed by atoms with Crippen molar-refractivity contribution in [3.63, 3.8) is 0 Å². The molecule has 2 heterocycles. The summed E-state index contributed by atoms with van der Waals surface area (Å²) in [6, 6.07) is 11.2. The van der Waals surface area contributed by atoms with Crippen LogP contribution < -0.4 is 5.32 Å². The summed E-state index contributed by atoms with van der Waals surface area (Å²) in [7, 11) is 0. The number of carbonyl (C=O) groups excluding carboxylic acids is 1. The zero-order valence-corrected chi connectivity index (χ0v) is 19.3. The number of amides is 1. The number of nitrogens with zero attached hydrogens (tertiary/aromatic N) is 2. The number of hydrogen-bond donors (Lipinski definition) is 1. The van der Waals surface area contributed by atoms with Crippen LogP contribution >= 0.6 is 0 Å². The Balaban J connectivity index is 1.81. The molecule has 1 fully saturated rings. The summed E-state index contributed by atoms with van der Waals surface area (Å²) >= 11 is 0. The first-order valence-electron chi connectivity index (χ1n) is 12.0. The van der Waals surface area contributed by atoms with Crippen LogP contribution in [0.25, 0.3) is 0 Å². The maximum Gasteiger partial charge on any atom is 0.409 e. The van der Waals surface area contributed by atoms with Crippen molar-refractivity contribution < 1.29 is 9.53 Å². The number of piperidine rings is 1. The average molecular weight is 426 g/mol. The molecular weight excluding hydrogens is 386 g/mol. The van der Waals surface area contributed by atoms with Crippen LogP contribution in [0.3, 0.4) is 0 Å². The topological polar surface area (TPSA) is 53.9 Å². The van der Waals surface area contributed by atoms with Gasteiger partial charge in [0.2, 0.25) is 0 Å². The molecule has 3 rings (SSSR count). The highest BCUT2D eigenvalue weighted by molar-refractivity contribution is 5.94. The number of aliphatic imine (C=N–C) groups is 1. The van der Waals surface area contributed by atoms with Crippen molar-refractivity contribution in [2.75, 3.05) is 26.2 Å². The molecule has 0 bridgehead atoms. The van der Waals surface area contributed by atoms with E-state index < -0.39 is 0 Å². The van der Waals surface area contributed by atoms with Gasteiger partial charge in [0.25, 0.3) is 0 Å². The fourth-order valence-corrected chi connectivity index (χ4v) is 4.95. The predicted molar refractivity (Wildman–Crippen MR) is 128 cm³/mol. The number of benzene rings is 1. The molecule has 5 heteroatoms. The number of carbonyl (C=O) groups is 1. The van der Waals surface area contributed by atoms with Crippen molar-refractivity contribution in [3.05, 3.63) is 48.6 Å². The third-order valence-corrected chi connectivity index (χ3v) is 6.96. The predicted octanol–water partition coefficient (Wildman–Crippen LogP) is 5.32. The summed E-state index contributed by atoms with van der Waals surface area (Å²) in [6.07, 6.45) is 9.29. The molecule has 1 saturated heterocycles. The number of amidine groups is 1. The lowest BCUT2D eigenvalue weighted by molar-refractivity contribution is 0.0927. The number of allylic oxidation sites excluding steroid dienone is 1. The smallest absolute Gasteiger partial charge is 0.409 e. The second-order valence-electron chi connectivity index (χ2n) is 8.95. The molecule has 1 aromatic carbocycles. The minimum atomic E-state index is -0.200. The molecule has 2 aliphatic heterocycles. The van der Waals surface area contributed by atoms with E-state index in [9.17, 15) is 4.79 Å². The minimum absolute atomic E-state index is 0.173. The average Bonchev–Trinajstić information content (AvgIpc) is 2.99. The van der Waals surface area contributed by atoms with Gasteiger partial charge in [0.15, 0.2) is 0 Å². The lowest BCUT2D eigenvalue weighted by Crippen LogP contribution is -2.55. The molecule has 0 spiro atoms. The van der Waals surface area contributed by atoms with Crippen molar-refractivity contribution in [2.24, 2.45) is 10.9 Å². The molecule has 1 N–H and O–H groups in total. The molecular formula is C26H39N3O2. The Labute approximate surface area is 188 Å². The van der Waals surface area contributed by atoms with E-state index in [4.69, 9.17) is 9.73 Å². The summed E-state index contributed by atoms with van der Waals surface area (Å²) < 4.78 is 5.25. The normalized spacial score (nSPS) is 23.3. The van der Waals surface area contributed by atoms with Gasteiger partial charge in [0, 0.05) is 25.7 Å². The van der Waals surface area contributed by atoms with Gasteiger partial charge in [-0.1, -0.05) is 49.8 Å². The molecule has 2 atom stereocenters. The van der Waals surface area contributed by atoms with Gasteiger partial charge in [-0.05, 0) is 56.9 Å². The Morgan fingerprint density at radius 1 is 1.29 bits per heavy atom. The lowest BCUT2D eigenvalue weighted by atomic mass is 9.71. The van der Waals surface area contributed by atoms with Crippen molar-refractivity contribution in [1.82, 2.24) is 10.2 Å². The first-order valence-corrected chi connectivity index (χ1v) is 12.0. The van der Waals surface area contributed by atoms with Gasteiger partial charge < -0.3 is 15.0 Å². The Kier molecular flexibility index (Phi) is 8.56. The molecule has 0 radical (unpaired) electrons. The number of unbranched alkanes of at least 4 members (excludes halogenated alkanes) is 2. The van der Waals surface area contributed by atoms with Crippen LogP contribution in [-0.2, 0) is 10.2 Å². The second-order valence-corrected chi connectivity index (χ2v) is 8.95. The Morgan fingerprint density at radius 2 is 2.03 bits per heavy atom. The standard InChI is InChI=1S/C26H39N3O2/c1-4-6-7-11-14-23-21(3)15-18-27-24(28-23)26(22-12-9-8-10-13-22)16-19-29(20-17-26)25(30)31-5-2/h4,8-10,12-13,21,23H,1,5-7,11,14-20H2,2-3H3,(H,27,28)/t21?,23-/m0/s1. The number of rotatable bonds is 8. The first-order chi connectivity index (χ1) is 15.1. The van der Waals surface area contributed by atoms with Crippen LogP contribution in [-0.4, -0.2) is 49.1 Å². The lowest BCUT2D eigenvalue weighted by Gasteiger charge is -2.43. The highest BCUT2D eigenvalue weighted by Crippen LogP contribution is 2.38. The Bertz CT molecular complexity index is 738. The van der Waals surface area contributed by atoms with Gasteiger partial charge in [0.05, 0.1) is 12.0 Å². The molecule has 1 amide bonds. The van der Waals surface area contributed by atoms with Crippen LogP contribution in [0.4, 0.5) is 4.79 Å². The fraction of sp³-hybridized carbons (Fsp3) is 0.615. The molecule has 0 aliphatic carbocycles. The Morgan fingerprint density at radius 3 is 2.71 bits per heavy atom. The van der Waals surface area contributed by atoms with Gasteiger partial charge in [-0.3, -0.25) is 4.99 Å². The summed E-state index contributed by atoms with van der Waals surface area (Å²) in [5, 5.41) is 3.91. The maximum absolute atomic E-state index is 12.3. The third kappa shape index (κ3) is 5.69. The molecule has 170 valence electrons. The van der Waals surface area contributed by atoms with Gasteiger partial charge in [0.1, 0.15) is 5.84 Å². The van der Waals surface area contributed by atoms with Crippen LogP contribution in [0.5, 0.6) is 0 Å². The summed E-state index contributed by atoms with van der Waals surface area (Å²) in [6.45, 7) is 10.7. The largest absolute Gasteiger partial charge is 0.450 e. The van der Waals surface area contributed by atoms with E-state index in [1.54, 1.807) is 0 Å². The zero-order valence-electron chi connectivity index (χ0n) is 19.3.